The maximum absolute atomic E-state index is 11.9. The van der Waals surface area contributed by atoms with Crippen LogP contribution in [0.25, 0.3) is 0 Å². The molecule has 8 heteroatoms. The molecular formula is C14H19N3O3S2. The van der Waals surface area contributed by atoms with Crippen LogP contribution in [0.1, 0.15) is 17.5 Å². The first-order chi connectivity index (χ1) is 10.3. The summed E-state index contributed by atoms with van der Waals surface area (Å²) in [6.45, 7) is 3.93. The topological polar surface area (TPSA) is 87.3 Å². The fraction of sp³-hybridized carbons (Fsp3) is 0.429. The molecule has 0 radical (unpaired) electrons. The van der Waals surface area contributed by atoms with Gasteiger partial charge in [0.15, 0.2) is 14.9 Å². The van der Waals surface area contributed by atoms with Crippen molar-refractivity contribution in [2.45, 2.75) is 20.3 Å². The molecule has 1 saturated heterocycles. The predicted molar refractivity (Wildman–Crippen MR) is 90.2 cm³/mol. The molecule has 1 fully saturated rings. The first-order valence-corrected chi connectivity index (χ1v) is 9.14. The van der Waals surface area contributed by atoms with Gasteiger partial charge in [-0.15, -0.1) is 0 Å². The lowest BCUT2D eigenvalue weighted by molar-refractivity contribution is -0.124. The van der Waals surface area contributed by atoms with Crippen molar-refractivity contribution in [2.75, 3.05) is 16.8 Å². The molecule has 120 valence electrons. The molecule has 0 bridgehead atoms. The number of nitrogens with one attached hydrogen (secondary N) is 3. The van der Waals surface area contributed by atoms with E-state index in [-0.39, 0.29) is 22.5 Å². The molecule has 0 aliphatic carbocycles. The summed E-state index contributed by atoms with van der Waals surface area (Å²) in [5.74, 6) is -0.902. The van der Waals surface area contributed by atoms with Gasteiger partial charge < -0.3 is 5.32 Å². The molecule has 2 rings (SSSR count). The largest absolute Gasteiger partial charge is 0.331 e. The number of carbonyl (C=O) groups is 1. The van der Waals surface area contributed by atoms with Crippen LogP contribution in [0.5, 0.6) is 0 Å². The lowest BCUT2D eigenvalue weighted by atomic mass is 10.1. The van der Waals surface area contributed by atoms with Crippen molar-refractivity contribution in [3.05, 3.63) is 29.3 Å². The molecule has 3 N–H and O–H groups in total. The first kappa shape index (κ1) is 16.7. The van der Waals surface area contributed by atoms with E-state index in [1.807, 2.05) is 32.0 Å². The summed E-state index contributed by atoms with van der Waals surface area (Å²) in [5, 5.41) is 3.25. The monoisotopic (exact) mass is 341 g/mol. The molecule has 22 heavy (non-hydrogen) atoms. The second kappa shape index (κ2) is 6.62. The quantitative estimate of drug-likeness (QED) is 0.551. The van der Waals surface area contributed by atoms with Crippen molar-refractivity contribution < 1.29 is 13.2 Å². The highest BCUT2D eigenvalue weighted by atomic mass is 32.2. The van der Waals surface area contributed by atoms with Gasteiger partial charge in [0.1, 0.15) is 0 Å². The number of amides is 1. The Morgan fingerprint density at radius 2 is 2.00 bits per heavy atom. The maximum Gasteiger partial charge on any atom is 0.242 e. The van der Waals surface area contributed by atoms with Crippen molar-refractivity contribution in [3.8, 4) is 0 Å². The molecular weight excluding hydrogens is 322 g/mol. The van der Waals surface area contributed by atoms with Crippen molar-refractivity contribution >= 4 is 38.8 Å². The number of carbonyl (C=O) groups excluding carboxylic acids is 1. The third-order valence-corrected chi connectivity index (χ3v) is 5.52. The average molecular weight is 341 g/mol. The maximum atomic E-state index is 11.9. The number of sulfone groups is 1. The van der Waals surface area contributed by atoms with E-state index in [9.17, 15) is 13.2 Å². The van der Waals surface area contributed by atoms with Gasteiger partial charge in [-0.3, -0.25) is 15.6 Å². The van der Waals surface area contributed by atoms with E-state index in [4.69, 9.17) is 12.2 Å². The minimum atomic E-state index is -3.08. The average Bonchev–Trinajstić information content (AvgIpc) is 2.80. The fourth-order valence-corrected chi connectivity index (χ4v) is 4.15. The van der Waals surface area contributed by atoms with E-state index in [0.717, 1.165) is 16.8 Å². The number of aryl methyl sites for hydroxylation is 2. The van der Waals surface area contributed by atoms with Crippen LogP contribution in [-0.4, -0.2) is 30.9 Å². The molecule has 0 spiro atoms. The smallest absolute Gasteiger partial charge is 0.242 e. The molecule has 1 atom stereocenters. The van der Waals surface area contributed by atoms with Gasteiger partial charge in [-0.2, -0.15) is 0 Å². The van der Waals surface area contributed by atoms with Gasteiger partial charge in [0.2, 0.25) is 5.91 Å². The normalized spacial score (nSPS) is 19.5. The van der Waals surface area contributed by atoms with Gasteiger partial charge in [-0.25, -0.2) is 8.42 Å². The zero-order valence-electron chi connectivity index (χ0n) is 12.5. The standard InChI is InChI=1S/C14H19N3O3S2/c1-9-3-4-10(2)12(7-9)15-14(21)17-16-13(18)11-5-6-22(19,20)8-11/h3-4,7,11H,5-6,8H2,1-2H3,(H,16,18)(H2,15,17,21)/t11-/m1/s1. The number of hydrogen-bond donors (Lipinski definition) is 3. The van der Waals surface area contributed by atoms with E-state index < -0.39 is 15.8 Å². The first-order valence-electron chi connectivity index (χ1n) is 6.91. The molecule has 1 aliphatic heterocycles. The highest BCUT2D eigenvalue weighted by Gasteiger charge is 2.32. The van der Waals surface area contributed by atoms with Crippen LogP contribution >= 0.6 is 12.2 Å². The Labute approximate surface area is 135 Å². The van der Waals surface area contributed by atoms with Gasteiger partial charge in [-0.1, -0.05) is 12.1 Å². The molecule has 0 aromatic heterocycles. The molecule has 0 saturated carbocycles. The van der Waals surface area contributed by atoms with Crippen LogP contribution in [0.15, 0.2) is 18.2 Å². The second-order valence-corrected chi connectivity index (χ2v) is 8.12. The Kier molecular flexibility index (Phi) is 5.02. The van der Waals surface area contributed by atoms with Crippen LogP contribution in [0.3, 0.4) is 0 Å². The van der Waals surface area contributed by atoms with Gasteiger partial charge in [0, 0.05) is 5.69 Å². The van der Waals surface area contributed by atoms with Crippen LogP contribution in [-0.2, 0) is 14.6 Å². The highest BCUT2D eigenvalue weighted by molar-refractivity contribution is 7.91. The lowest BCUT2D eigenvalue weighted by Gasteiger charge is -2.15. The zero-order chi connectivity index (χ0) is 16.3. The molecule has 0 unspecified atom stereocenters. The minimum Gasteiger partial charge on any atom is -0.331 e. The summed E-state index contributed by atoms with van der Waals surface area (Å²) in [7, 11) is -3.08. The number of anilines is 1. The number of rotatable bonds is 2. The van der Waals surface area contributed by atoms with Crippen molar-refractivity contribution in [2.24, 2.45) is 5.92 Å². The Hall–Kier alpha value is -1.67. The minimum absolute atomic E-state index is 0.0657. The SMILES string of the molecule is Cc1ccc(C)c(NC(=S)NNC(=O)[C@@H]2CCS(=O)(=O)C2)c1. The molecule has 1 aromatic rings. The summed E-state index contributed by atoms with van der Waals surface area (Å²) in [6.07, 6.45) is 0.354. The lowest BCUT2D eigenvalue weighted by Crippen LogP contribution is -2.46. The molecule has 1 heterocycles. The molecule has 1 aromatic carbocycles. The van der Waals surface area contributed by atoms with Crippen molar-refractivity contribution in [3.63, 3.8) is 0 Å². The predicted octanol–water partition coefficient (Wildman–Crippen LogP) is 1.06. The Morgan fingerprint density at radius 3 is 2.64 bits per heavy atom. The second-order valence-electron chi connectivity index (χ2n) is 5.49. The zero-order valence-corrected chi connectivity index (χ0v) is 14.1. The summed E-state index contributed by atoms with van der Waals surface area (Å²) in [6, 6.07) is 5.93. The summed E-state index contributed by atoms with van der Waals surface area (Å²) >= 11 is 5.12. The van der Waals surface area contributed by atoms with Gasteiger partial charge in [0.05, 0.1) is 17.4 Å². The van der Waals surface area contributed by atoms with Gasteiger partial charge >= 0.3 is 0 Å². The third kappa shape index (κ3) is 4.41. The molecule has 1 amide bonds. The summed E-state index contributed by atoms with van der Waals surface area (Å²) < 4.78 is 22.7. The van der Waals surface area contributed by atoms with Gasteiger partial charge in [0.25, 0.3) is 0 Å². The number of benzene rings is 1. The van der Waals surface area contributed by atoms with E-state index in [0.29, 0.717) is 6.42 Å². The van der Waals surface area contributed by atoms with Crippen molar-refractivity contribution in [1.82, 2.24) is 10.9 Å². The Morgan fingerprint density at radius 1 is 1.27 bits per heavy atom. The fourth-order valence-electron chi connectivity index (χ4n) is 2.25. The van der Waals surface area contributed by atoms with Crippen LogP contribution in [0, 0.1) is 19.8 Å². The Balaban J connectivity index is 1.85. The van der Waals surface area contributed by atoms with Crippen LogP contribution in [0.2, 0.25) is 0 Å². The van der Waals surface area contributed by atoms with Gasteiger partial charge in [-0.05, 0) is 49.7 Å². The van der Waals surface area contributed by atoms with Crippen LogP contribution in [0.4, 0.5) is 5.69 Å². The number of hydrazine groups is 1. The number of hydrogen-bond acceptors (Lipinski definition) is 4. The third-order valence-electron chi connectivity index (χ3n) is 3.54. The molecule has 6 nitrogen and oxygen atoms in total. The Bertz CT molecular complexity index is 701. The van der Waals surface area contributed by atoms with E-state index in [1.54, 1.807) is 0 Å². The number of thiocarbonyl (C=S) groups is 1. The van der Waals surface area contributed by atoms with Crippen molar-refractivity contribution in [1.29, 1.82) is 0 Å². The van der Waals surface area contributed by atoms with E-state index in [1.165, 1.54) is 0 Å². The summed E-state index contributed by atoms with van der Waals surface area (Å²) in [5.41, 5.74) is 8.05. The summed E-state index contributed by atoms with van der Waals surface area (Å²) in [4.78, 5) is 11.9. The van der Waals surface area contributed by atoms with Crippen LogP contribution < -0.4 is 16.2 Å². The molecule has 1 aliphatic rings. The van der Waals surface area contributed by atoms with E-state index >= 15 is 0 Å². The highest BCUT2D eigenvalue weighted by Crippen LogP contribution is 2.18. The van der Waals surface area contributed by atoms with E-state index in [2.05, 4.69) is 16.2 Å².